The molecule has 0 saturated carbocycles. The molecule has 0 saturated heterocycles. The molecule has 0 radical (unpaired) electrons. The highest BCUT2D eigenvalue weighted by Gasteiger charge is 2.18. The lowest BCUT2D eigenvalue weighted by atomic mass is 10.2. The van der Waals surface area contributed by atoms with Crippen molar-refractivity contribution in [2.24, 2.45) is 12.8 Å². The maximum Gasteiger partial charge on any atom is 0.273 e. The largest absolute Gasteiger partial charge is 0.493 e. The number of aromatic nitrogens is 2. The molecular weight excluding hydrogens is 276 g/mol. The lowest BCUT2D eigenvalue weighted by molar-refractivity contribution is -0.384. The van der Waals surface area contributed by atoms with Crippen LogP contribution in [0.2, 0.25) is 0 Å². The van der Waals surface area contributed by atoms with E-state index in [1.54, 1.807) is 11.7 Å². The Hall–Kier alpha value is -2.61. The molecule has 2 aromatic rings. The molecular formula is C13H16N4O4. The van der Waals surface area contributed by atoms with Crippen LogP contribution in [-0.4, -0.2) is 21.8 Å². The predicted octanol–water partition coefficient (Wildman–Crippen LogP) is 1.90. The molecule has 21 heavy (non-hydrogen) atoms. The number of methoxy groups -OCH3 is 1. The Labute approximate surface area is 121 Å². The van der Waals surface area contributed by atoms with Gasteiger partial charge in [-0.2, -0.15) is 5.10 Å². The molecule has 1 heterocycles. The number of nitrogens with two attached hydrogens (primary N) is 1. The smallest absolute Gasteiger partial charge is 0.273 e. The van der Waals surface area contributed by atoms with Crippen molar-refractivity contribution in [2.45, 2.75) is 13.5 Å². The van der Waals surface area contributed by atoms with E-state index in [4.69, 9.17) is 15.2 Å². The molecule has 112 valence electrons. The SMILES string of the molecule is COc1cc([N+](=O)[O-])ccc1Oc1c(CN)c(C)nn1C. The Bertz CT molecular complexity index is 681. The third-order valence-corrected chi connectivity index (χ3v) is 3.06. The van der Waals surface area contributed by atoms with Gasteiger partial charge in [0, 0.05) is 19.7 Å². The van der Waals surface area contributed by atoms with Gasteiger partial charge < -0.3 is 15.2 Å². The monoisotopic (exact) mass is 292 g/mol. The zero-order chi connectivity index (χ0) is 15.6. The molecule has 0 aliphatic heterocycles. The summed E-state index contributed by atoms with van der Waals surface area (Å²) < 4.78 is 12.5. The molecule has 0 amide bonds. The van der Waals surface area contributed by atoms with Gasteiger partial charge >= 0.3 is 0 Å². The van der Waals surface area contributed by atoms with Crippen molar-refractivity contribution in [2.75, 3.05) is 7.11 Å². The first kappa shape index (κ1) is 14.8. The van der Waals surface area contributed by atoms with Crippen LogP contribution in [0.15, 0.2) is 18.2 Å². The minimum absolute atomic E-state index is 0.0700. The van der Waals surface area contributed by atoms with E-state index in [1.807, 2.05) is 6.92 Å². The zero-order valence-corrected chi connectivity index (χ0v) is 12.0. The van der Waals surface area contributed by atoms with Crippen LogP contribution < -0.4 is 15.2 Å². The molecule has 8 nitrogen and oxygen atoms in total. The van der Waals surface area contributed by atoms with Crippen LogP contribution in [-0.2, 0) is 13.6 Å². The fourth-order valence-corrected chi connectivity index (χ4v) is 2.00. The van der Waals surface area contributed by atoms with E-state index in [-0.39, 0.29) is 18.0 Å². The van der Waals surface area contributed by atoms with E-state index in [2.05, 4.69) is 5.10 Å². The number of nitro benzene ring substituents is 1. The quantitative estimate of drug-likeness (QED) is 0.666. The minimum Gasteiger partial charge on any atom is -0.493 e. The Morgan fingerprint density at radius 3 is 2.71 bits per heavy atom. The molecule has 2 N–H and O–H groups in total. The average Bonchev–Trinajstić information content (AvgIpc) is 2.72. The molecule has 0 aliphatic rings. The summed E-state index contributed by atoms with van der Waals surface area (Å²) in [6.45, 7) is 2.12. The van der Waals surface area contributed by atoms with Crippen LogP contribution in [0.25, 0.3) is 0 Å². The van der Waals surface area contributed by atoms with Crippen molar-refractivity contribution in [3.63, 3.8) is 0 Å². The number of non-ortho nitro benzene ring substituents is 1. The summed E-state index contributed by atoms with van der Waals surface area (Å²) in [5, 5.41) is 15.0. The Kier molecular flexibility index (Phi) is 4.08. The van der Waals surface area contributed by atoms with Gasteiger partial charge in [0.15, 0.2) is 11.5 Å². The number of ether oxygens (including phenoxy) is 2. The van der Waals surface area contributed by atoms with Crippen molar-refractivity contribution in [3.8, 4) is 17.4 Å². The molecule has 1 aromatic carbocycles. The fraction of sp³-hybridized carbons (Fsp3) is 0.308. The number of nitrogens with zero attached hydrogens (tertiary/aromatic N) is 3. The summed E-state index contributed by atoms with van der Waals surface area (Å²) in [5.41, 5.74) is 7.18. The van der Waals surface area contributed by atoms with E-state index in [1.165, 1.54) is 25.3 Å². The molecule has 8 heteroatoms. The van der Waals surface area contributed by atoms with Gasteiger partial charge in [0.25, 0.3) is 5.69 Å². The molecule has 0 atom stereocenters. The highest BCUT2D eigenvalue weighted by Crippen LogP contribution is 2.36. The van der Waals surface area contributed by atoms with E-state index < -0.39 is 4.92 Å². The number of nitro groups is 1. The van der Waals surface area contributed by atoms with Crippen LogP contribution in [0.5, 0.6) is 17.4 Å². The fourth-order valence-electron chi connectivity index (χ4n) is 2.00. The lowest BCUT2D eigenvalue weighted by Gasteiger charge is -2.11. The summed E-state index contributed by atoms with van der Waals surface area (Å²) in [6.07, 6.45) is 0. The summed E-state index contributed by atoms with van der Waals surface area (Å²) in [7, 11) is 3.16. The third kappa shape index (κ3) is 2.79. The summed E-state index contributed by atoms with van der Waals surface area (Å²) in [5.74, 6) is 1.12. The number of hydrogen-bond acceptors (Lipinski definition) is 6. The zero-order valence-electron chi connectivity index (χ0n) is 12.0. The minimum atomic E-state index is -0.494. The summed E-state index contributed by atoms with van der Waals surface area (Å²) >= 11 is 0. The van der Waals surface area contributed by atoms with Crippen molar-refractivity contribution in [1.82, 2.24) is 9.78 Å². The van der Waals surface area contributed by atoms with Gasteiger partial charge in [-0.25, -0.2) is 4.68 Å². The highest BCUT2D eigenvalue weighted by atomic mass is 16.6. The van der Waals surface area contributed by atoms with Crippen molar-refractivity contribution in [1.29, 1.82) is 0 Å². The number of hydrogen-bond donors (Lipinski definition) is 1. The number of rotatable bonds is 5. The van der Waals surface area contributed by atoms with E-state index in [0.29, 0.717) is 11.6 Å². The van der Waals surface area contributed by atoms with Gasteiger partial charge in [-0.1, -0.05) is 0 Å². The first-order valence-electron chi connectivity index (χ1n) is 6.20. The first-order valence-corrected chi connectivity index (χ1v) is 6.20. The molecule has 0 bridgehead atoms. The van der Waals surface area contributed by atoms with Crippen LogP contribution in [0.3, 0.4) is 0 Å². The summed E-state index contributed by atoms with van der Waals surface area (Å²) in [4.78, 5) is 10.3. The van der Waals surface area contributed by atoms with Crippen LogP contribution >= 0.6 is 0 Å². The normalized spacial score (nSPS) is 10.5. The van der Waals surface area contributed by atoms with Crippen LogP contribution in [0, 0.1) is 17.0 Å². The Balaban J connectivity index is 2.42. The van der Waals surface area contributed by atoms with E-state index in [0.717, 1.165) is 11.3 Å². The van der Waals surface area contributed by atoms with Crippen LogP contribution in [0.4, 0.5) is 5.69 Å². The number of aryl methyl sites for hydroxylation is 2. The molecule has 0 aliphatic carbocycles. The second-order valence-corrected chi connectivity index (χ2v) is 4.39. The van der Waals surface area contributed by atoms with Gasteiger partial charge in [-0.3, -0.25) is 10.1 Å². The second-order valence-electron chi connectivity index (χ2n) is 4.39. The standard InChI is InChI=1S/C13H16N4O4/c1-8-10(7-14)13(16(2)15-8)21-11-5-4-9(17(18)19)6-12(11)20-3/h4-6H,7,14H2,1-3H3. The average molecular weight is 292 g/mol. The molecule has 0 unspecified atom stereocenters. The first-order chi connectivity index (χ1) is 9.97. The molecule has 1 aromatic heterocycles. The van der Waals surface area contributed by atoms with Crippen LogP contribution in [0.1, 0.15) is 11.3 Å². The van der Waals surface area contributed by atoms with E-state index in [9.17, 15) is 10.1 Å². The van der Waals surface area contributed by atoms with Crippen molar-refractivity contribution in [3.05, 3.63) is 39.6 Å². The Morgan fingerprint density at radius 1 is 1.43 bits per heavy atom. The predicted molar refractivity (Wildman–Crippen MR) is 75.6 cm³/mol. The highest BCUT2D eigenvalue weighted by molar-refractivity contribution is 5.50. The Morgan fingerprint density at radius 2 is 2.14 bits per heavy atom. The molecule has 2 rings (SSSR count). The van der Waals surface area contributed by atoms with Crippen molar-refractivity contribution < 1.29 is 14.4 Å². The van der Waals surface area contributed by atoms with Gasteiger partial charge in [-0.05, 0) is 13.0 Å². The van der Waals surface area contributed by atoms with Gasteiger partial charge in [0.2, 0.25) is 5.88 Å². The van der Waals surface area contributed by atoms with Gasteiger partial charge in [0.1, 0.15) is 0 Å². The second kappa shape index (κ2) is 5.80. The third-order valence-electron chi connectivity index (χ3n) is 3.06. The lowest BCUT2D eigenvalue weighted by Crippen LogP contribution is -2.02. The molecule has 0 spiro atoms. The summed E-state index contributed by atoms with van der Waals surface area (Å²) in [6, 6.07) is 4.14. The van der Waals surface area contributed by atoms with Crippen molar-refractivity contribution >= 4 is 5.69 Å². The van der Waals surface area contributed by atoms with Gasteiger partial charge in [0.05, 0.1) is 29.4 Å². The van der Waals surface area contributed by atoms with E-state index >= 15 is 0 Å². The maximum absolute atomic E-state index is 10.8. The maximum atomic E-state index is 10.8. The number of benzene rings is 1. The molecule has 0 fully saturated rings. The topological polar surface area (TPSA) is 105 Å². The van der Waals surface area contributed by atoms with Gasteiger partial charge in [-0.15, -0.1) is 0 Å².